The highest BCUT2D eigenvalue weighted by atomic mass is 16.6. The average molecular weight is 759 g/mol. The van der Waals surface area contributed by atoms with E-state index in [2.05, 4.69) is 135 Å². The number of carbonyl (C=O) groups excluding carboxylic acids is 1. The number of unbranched alkanes of at least 4 members (excludes halogenated alkanes) is 11. The second kappa shape index (κ2) is 46.9. The number of aliphatic hydroxyl groups excluding tert-OH is 1. The van der Waals surface area contributed by atoms with E-state index in [1.54, 1.807) is 0 Å². The maximum absolute atomic E-state index is 12.2. The van der Waals surface area contributed by atoms with Gasteiger partial charge in [-0.05, 0) is 96.3 Å². The van der Waals surface area contributed by atoms with E-state index in [1.165, 1.54) is 57.8 Å². The van der Waals surface area contributed by atoms with E-state index in [0.717, 1.165) is 89.9 Å². The Bertz CT molecular complexity index is 1110. The molecule has 0 rings (SSSR count). The van der Waals surface area contributed by atoms with E-state index in [0.29, 0.717) is 13.0 Å². The highest BCUT2D eigenvalue weighted by Crippen LogP contribution is 2.12. The topological polar surface area (TPSA) is 55.8 Å². The van der Waals surface area contributed by atoms with Crippen LogP contribution in [0.3, 0.4) is 0 Å². The molecule has 0 amide bonds. The average Bonchev–Trinajstić information content (AvgIpc) is 3.19. The number of aliphatic hydroxyl groups is 1. The van der Waals surface area contributed by atoms with Crippen molar-refractivity contribution in [3.63, 3.8) is 0 Å². The molecule has 0 fully saturated rings. The maximum Gasteiger partial charge on any atom is 0.306 e. The molecular formula is C51H82O4. The lowest BCUT2D eigenvalue weighted by atomic mass is 10.1. The summed E-state index contributed by atoms with van der Waals surface area (Å²) in [5.74, 6) is -0.264. The van der Waals surface area contributed by atoms with Crippen molar-refractivity contribution in [2.75, 3.05) is 19.8 Å². The number of carbonyl (C=O) groups is 1. The summed E-state index contributed by atoms with van der Waals surface area (Å²) >= 11 is 0. The molecule has 1 atom stereocenters. The van der Waals surface area contributed by atoms with Crippen molar-refractivity contribution in [3.05, 3.63) is 122 Å². The summed E-state index contributed by atoms with van der Waals surface area (Å²) in [6, 6.07) is 0. The van der Waals surface area contributed by atoms with Crippen LogP contribution in [0.4, 0.5) is 0 Å². The first-order chi connectivity index (χ1) is 27.2. The number of hydrogen-bond acceptors (Lipinski definition) is 4. The zero-order valence-electron chi connectivity index (χ0n) is 35.4. The monoisotopic (exact) mass is 759 g/mol. The SMILES string of the molecule is CC/C=C\C/C=C\C/C=C\C/C=C\C/C=C\CCCCCCCCCCCCOCC(CO)OC(=O)CCC/C=C\C/C=C\C/C=C\C/C=C\C/C=C\CC. The Labute approximate surface area is 339 Å². The van der Waals surface area contributed by atoms with Crippen LogP contribution < -0.4 is 0 Å². The lowest BCUT2D eigenvalue weighted by Gasteiger charge is -2.15. The molecule has 0 saturated heterocycles. The first-order valence-corrected chi connectivity index (χ1v) is 22.1. The van der Waals surface area contributed by atoms with Gasteiger partial charge in [-0.2, -0.15) is 0 Å². The first kappa shape index (κ1) is 51.8. The number of hydrogen-bond donors (Lipinski definition) is 1. The summed E-state index contributed by atoms with van der Waals surface area (Å²) in [6.07, 6.45) is 69.8. The normalized spacial score (nSPS) is 13.6. The summed E-state index contributed by atoms with van der Waals surface area (Å²) in [6.45, 7) is 5.02. The van der Waals surface area contributed by atoms with Crippen molar-refractivity contribution < 1.29 is 19.4 Å². The van der Waals surface area contributed by atoms with Gasteiger partial charge in [0.25, 0.3) is 0 Å². The van der Waals surface area contributed by atoms with Crippen LogP contribution in [-0.4, -0.2) is 37.0 Å². The van der Waals surface area contributed by atoms with Crippen LogP contribution in [0.25, 0.3) is 0 Å². The van der Waals surface area contributed by atoms with Crippen LogP contribution in [0.15, 0.2) is 122 Å². The van der Waals surface area contributed by atoms with E-state index in [1.807, 2.05) is 0 Å². The quantitative estimate of drug-likeness (QED) is 0.0385. The lowest BCUT2D eigenvalue weighted by Crippen LogP contribution is -2.27. The highest BCUT2D eigenvalue weighted by Gasteiger charge is 2.13. The van der Waals surface area contributed by atoms with Gasteiger partial charge in [0.05, 0.1) is 13.2 Å². The Kier molecular flexibility index (Phi) is 44.2. The van der Waals surface area contributed by atoms with E-state index in [9.17, 15) is 9.90 Å². The van der Waals surface area contributed by atoms with Crippen LogP contribution in [0.1, 0.15) is 168 Å². The smallest absolute Gasteiger partial charge is 0.306 e. The minimum atomic E-state index is -0.576. The molecule has 1 unspecified atom stereocenters. The zero-order valence-corrected chi connectivity index (χ0v) is 35.4. The van der Waals surface area contributed by atoms with Gasteiger partial charge < -0.3 is 14.6 Å². The fourth-order valence-electron chi connectivity index (χ4n) is 5.57. The van der Waals surface area contributed by atoms with Crippen LogP contribution in [0.2, 0.25) is 0 Å². The summed E-state index contributed by atoms with van der Waals surface area (Å²) in [7, 11) is 0. The largest absolute Gasteiger partial charge is 0.457 e. The second-order valence-corrected chi connectivity index (χ2v) is 14.0. The fourth-order valence-corrected chi connectivity index (χ4v) is 5.57. The molecule has 0 aromatic heterocycles. The lowest BCUT2D eigenvalue weighted by molar-refractivity contribution is -0.154. The number of allylic oxidation sites excluding steroid dienone is 20. The summed E-state index contributed by atoms with van der Waals surface area (Å²) in [4.78, 5) is 12.2. The predicted molar refractivity (Wildman–Crippen MR) is 241 cm³/mol. The van der Waals surface area contributed by atoms with Crippen molar-refractivity contribution in [2.45, 2.75) is 174 Å². The van der Waals surface area contributed by atoms with Crippen molar-refractivity contribution in [2.24, 2.45) is 0 Å². The van der Waals surface area contributed by atoms with Gasteiger partial charge in [0.15, 0.2) is 0 Å². The van der Waals surface area contributed by atoms with Crippen LogP contribution in [-0.2, 0) is 14.3 Å². The highest BCUT2D eigenvalue weighted by molar-refractivity contribution is 5.69. The molecule has 0 heterocycles. The first-order valence-electron chi connectivity index (χ1n) is 22.1. The van der Waals surface area contributed by atoms with Crippen LogP contribution in [0, 0.1) is 0 Å². The Morgan fingerprint density at radius 1 is 0.436 bits per heavy atom. The van der Waals surface area contributed by atoms with Gasteiger partial charge in [0.1, 0.15) is 6.10 Å². The molecular weight excluding hydrogens is 677 g/mol. The molecule has 0 aromatic rings. The maximum atomic E-state index is 12.2. The Balaban J connectivity index is 3.56. The molecule has 0 bridgehead atoms. The van der Waals surface area contributed by atoms with Gasteiger partial charge in [-0.3, -0.25) is 4.79 Å². The molecule has 0 aliphatic rings. The molecule has 1 N–H and O–H groups in total. The Hall–Kier alpha value is -3.21. The number of esters is 1. The molecule has 55 heavy (non-hydrogen) atoms. The summed E-state index contributed by atoms with van der Waals surface area (Å²) < 4.78 is 11.1. The van der Waals surface area contributed by atoms with Crippen molar-refractivity contribution in [1.82, 2.24) is 0 Å². The van der Waals surface area contributed by atoms with Gasteiger partial charge in [0.2, 0.25) is 0 Å². The molecule has 0 aliphatic heterocycles. The molecule has 310 valence electrons. The Morgan fingerprint density at radius 3 is 1.15 bits per heavy atom. The number of rotatable bonds is 39. The summed E-state index contributed by atoms with van der Waals surface area (Å²) in [5.41, 5.74) is 0. The fraction of sp³-hybridized carbons (Fsp3) is 0.588. The van der Waals surface area contributed by atoms with E-state index in [-0.39, 0.29) is 19.2 Å². The summed E-state index contributed by atoms with van der Waals surface area (Å²) in [5, 5.41) is 9.60. The standard InChI is InChI=1S/C51H82O4/c1-3-5-7-9-11-13-15-17-19-21-22-23-24-25-26-27-28-29-31-33-35-37-39-41-43-45-47-54-49-50(48-52)55-51(53)46-44-42-40-38-36-34-32-30-20-18-16-14-12-10-8-6-4-2/h5-8,11-14,17-20,22-23,25-26,32,34,38,40,50,52H,3-4,9-10,15-16,21,24,27-31,33,35-37,39,41-49H2,1-2H3/b7-5-,8-6-,13-11-,14-12-,19-17-,20-18-,23-22-,26-25-,34-32-,40-38-. The van der Waals surface area contributed by atoms with Crippen LogP contribution in [0.5, 0.6) is 0 Å². The molecule has 0 radical (unpaired) electrons. The third-order valence-electron chi connectivity index (χ3n) is 8.78. The minimum Gasteiger partial charge on any atom is -0.457 e. The second-order valence-electron chi connectivity index (χ2n) is 14.0. The van der Waals surface area contributed by atoms with Crippen molar-refractivity contribution in [1.29, 1.82) is 0 Å². The molecule has 4 heteroatoms. The van der Waals surface area contributed by atoms with Gasteiger partial charge >= 0.3 is 5.97 Å². The third kappa shape index (κ3) is 45.1. The Morgan fingerprint density at radius 2 is 0.764 bits per heavy atom. The van der Waals surface area contributed by atoms with Gasteiger partial charge in [0, 0.05) is 13.0 Å². The minimum absolute atomic E-state index is 0.204. The van der Waals surface area contributed by atoms with E-state index < -0.39 is 6.10 Å². The van der Waals surface area contributed by atoms with Crippen molar-refractivity contribution in [3.8, 4) is 0 Å². The van der Waals surface area contributed by atoms with Crippen LogP contribution >= 0.6 is 0 Å². The van der Waals surface area contributed by atoms with Crippen molar-refractivity contribution >= 4 is 5.97 Å². The van der Waals surface area contributed by atoms with E-state index >= 15 is 0 Å². The predicted octanol–water partition coefficient (Wildman–Crippen LogP) is 14.9. The van der Waals surface area contributed by atoms with Gasteiger partial charge in [-0.1, -0.05) is 187 Å². The zero-order chi connectivity index (χ0) is 39.8. The van der Waals surface area contributed by atoms with E-state index in [4.69, 9.17) is 9.47 Å². The van der Waals surface area contributed by atoms with Gasteiger partial charge in [-0.25, -0.2) is 0 Å². The third-order valence-corrected chi connectivity index (χ3v) is 8.78. The molecule has 0 aromatic carbocycles. The van der Waals surface area contributed by atoms with Gasteiger partial charge in [-0.15, -0.1) is 0 Å². The molecule has 0 spiro atoms. The number of ether oxygens (including phenoxy) is 2. The molecule has 0 aliphatic carbocycles. The molecule has 0 saturated carbocycles. The molecule has 4 nitrogen and oxygen atoms in total.